The molecule has 0 spiro atoms. The summed E-state index contributed by atoms with van der Waals surface area (Å²) in [6.07, 6.45) is 3.46. The molecule has 0 unspecified atom stereocenters. The third-order valence-corrected chi connectivity index (χ3v) is 2.59. The zero-order chi connectivity index (χ0) is 9.97. The fourth-order valence-corrected chi connectivity index (χ4v) is 1.50. The molecule has 4 nitrogen and oxygen atoms in total. The van der Waals surface area contributed by atoms with Gasteiger partial charge in [-0.25, -0.2) is 4.98 Å². The maximum absolute atomic E-state index is 10.5. The van der Waals surface area contributed by atoms with E-state index in [2.05, 4.69) is 15.5 Å². The van der Waals surface area contributed by atoms with Crippen molar-refractivity contribution in [3.05, 3.63) is 22.2 Å². The number of nitrogens with zero attached hydrogens (tertiary/aromatic N) is 2. The number of halogens is 1. The number of hydrogen-bond acceptors (Lipinski definition) is 4. The highest BCUT2D eigenvalue weighted by atomic mass is 35.5. The summed E-state index contributed by atoms with van der Waals surface area (Å²) in [5.41, 5.74) is 0.321. The molecule has 0 aromatic carbocycles. The van der Waals surface area contributed by atoms with Crippen molar-refractivity contribution in [2.45, 2.75) is 25.3 Å². The van der Waals surface area contributed by atoms with Gasteiger partial charge in [0.25, 0.3) is 0 Å². The molecule has 1 fully saturated rings. The number of pyridine rings is 1. The number of nitroso groups, excluding NO2 is 1. The summed E-state index contributed by atoms with van der Waals surface area (Å²) in [6, 6.07) is 3.55. The molecular weight excluding hydrogens is 202 g/mol. The van der Waals surface area contributed by atoms with Crippen molar-refractivity contribution in [1.82, 2.24) is 4.98 Å². The van der Waals surface area contributed by atoms with Crippen LogP contribution >= 0.6 is 11.6 Å². The third kappa shape index (κ3) is 1.85. The molecule has 0 atom stereocenters. The Morgan fingerprint density at radius 3 is 2.86 bits per heavy atom. The lowest BCUT2D eigenvalue weighted by molar-refractivity contribution is 0.444. The molecule has 1 aliphatic carbocycles. The van der Waals surface area contributed by atoms with Gasteiger partial charge in [0.2, 0.25) is 0 Å². The van der Waals surface area contributed by atoms with Crippen LogP contribution in [0.5, 0.6) is 0 Å². The first kappa shape index (κ1) is 9.40. The van der Waals surface area contributed by atoms with Gasteiger partial charge in [0.05, 0.1) is 0 Å². The number of aromatic nitrogens is 1. The Bertz CT molecular complexity index is 352. The normalized spacial score (nSPS) is 16.1. The van der Waals surface area contributed by atoms with Crippen molar-refractivity contribution in [3.8, 4) is 0 Å². The van der Waals surface area contributed by atoms with Gasteiger partial charge in [-0.15, -0.1) is 4.91 Å². The lowest BCUT2D eigenvalue weighted by Crippen LogP contribution is -2.27. The number of anilines is 1. The number of rotatable bonds is 3. The second-order valence-electron chi connectivity index (χ2n) is 3.37. The van der Waals surface area contributed by atoms with E-state index in [9.17, 15) is 4.91 Å². The van der Waals surface area contributed by atoms with Crippen LogP contribution in [0, 0.1) is 4.91 Å². The molecule has 0 radical (unpaired) electrons. The monoisotopic (exact) mass is 211 g/mol. The quantitative estimate of drug-likeness (QED) is 0.618. The zero-order valence-corrected chi connectivity index (χ0v) is 8.29. The summed E-state index contributed by atoms with van der Waals surface area (Å²) in [5, 5.41) is 6.41. The van der Waals surface area contributed by atoms with E-state index in [0.717, 1.165) is 12.8 Å². The SMILES string of the molecule is O=Nc1ccc(Cl)nc1NC1CCC1. The molecule has 1 heterocycles. The van der Waals surface area contributed by atoms with Crippen LogP contribution in [0.15, 0.2) is 17.3 Å². The molecule has 0 saturated heterocycles. The Hall–Kier alpha value is -1.16. The molecule has 5 heteroatoms. The Morgan fingerprint density at radius 2 is 2.29 bits per heavy atom. The van der Waals surface area contributed by atoms with Crippen LogP contribution in [0.4, 0.5) is 11.5 Å². The molecule has 0 bridgehead atoms. The van der Waals surface area contributed by atoms with E-state index in [1.807, 2.05) is 0 Å². The van der Waals surface area contributed by atoms with Crippen molar-refractivity contribution in [2.24, 2.45) is 5.18 Å². The second-order valence-corrected chi connectivity index (χ2v) is 3.75. The Kier molecular flexibility index (Phi) is 2.63. The Morgan fingerprint density at radius 1 is 1.50 bits per heavy atom. The summed E-state index contributed by atoms with van der Waals surface area (Å²) >= 11 is 5.72. The van der Waals surface area contributed by atoms with Crippen molar-refractivity contribution in [1.29, 1.82) is 0 Å². The van der Waals surface area contributed by atoms with Crippen LogP contribution in [0.25, 0.3) is 0 Å². The number of hydrogen-bond donors (Lipinski definition) is 1. The van der Waals surface area contributed by atoms with Gasteiger partial charge in [0.15, 0.2) is 5.82 Å². The Balaban J connectivity index is 2.19. The first-order valence-electron chi connectivity index (χ1n) is 4.56. The summed E-state index contributed by atoms with van der Waals surface area (Å²) in [4.78, 5) is 14.5. The van der Waals surface area contributed by atoms with Crippen molar-refractivity contribution >= 4 is 23.1 Å². The van der Waals surface area contributed by atoms with Crippen LogP contribution in [0.1, 0.15) is 19.3 Å². The van der Waals surface area contributed by atoms with Crippen LogP contribution < -0.4 is 5.32 Å². The van der Waals surface area contributed by atoms with Crippen molar-refractivity contribution in [3.63, 3.8) is 0 Å². The highest BCUT2D eigenvalue weighted by Gasteiger charge is 2.19. The Labute approximate surface area is 86.7 Å². The highest BCUT2D eigenvalue weighted by molar-refractivity contribution is 6.29. The van der Waals surface area contributed by atoms with Crippen molar-refractivity contribution < 1.29 is 0 Å². The van der Waals surface area contributed by atoms with Gasteiger partial charge in [0.1, 0.15) is 10.8 Å². The lowest BCUT2D eigenvalue weighted by atomic mass is 9.93. The van der Waals surface area contributed by atoms with Gasteiger partial charge in [-0.3, -0.25) is 0 Å². The maximum atomic E-state index is 10.5. The van der Waals surface area contributed by atoms with Crippen LogP contribution in [0.2, 0.25) is 5.15 Å². The predicted octanol–water partition coefficient (Wildman–Crippen LogP) is 3.10. The zero-order valence-electron chi connectivity index (χ0n) is 7.53. The molecular formula is C9H10ClN3O. The average molecular weight is 212 g/mol. The molecule has 0 amide bonds. The first-order valence-corrected chi connectivity index (χ1v) is 4.94. The minimum Gasteiger partial charge on any atom is -0.365 e. The van der Waals surface area contributed by atoms with E-state index in [0.29, 0.717) is 22.7 Å². The third-order valence-electron chi connectivity index (χ3n) is 2.38. The smallest absolute Gasteiger partial charge is 0.157 e. The van der Waals surface area contributed by atoms with Gasteiger partial charge >= 0.3 is 0 Å². The minimum atomic E-state index is 0.321. The second kappa shape index (κ2) is 3.92. The number of nitrogens with one attached hydrogen (secondary N) is 1. The molecule has 1 saturated carbocycles. The van der Waals surface area contributed by atoms with Gasteiger partial charge < -0.3 is 5.32 Å². The van der Waals surface area contributed by atoms with Crippen LogP contribution in [-0.4, -0.2) is 11.0 Å². The fraction of sp³-hybridized carbons (Fsp3) is 0.444. The maximum Gasteiger partial charge on any atom is 0.157 e. The summed E-state index contributed by atoms with van der Waals surface area (Å²) in [6.45, 7) is 0. The molecule has 1 aromatic rings. The molecule has 0 aliphatic heterocycles. The molecule has 1 aliphatic rings. The van der Waals surface area contributed by atoms with Gasteiger partial charge in [-0.2, -0.15) is 0 Å². The van der Waals surface area contributed by atoms with Gasteiger partial charge in [-0.05, 0) is 36.6 Å². The summed E-state index contributed by atoms with van der Waals surface area (Å²) in [7, 11) is 0. The average Bonchev–Trinajstić information content (AvgIpc) is 2.12. The molecule has 1 aromatic heterocycles. The van der Waals surface area contributed by atoms with Gasteiger partial charge in [-0.1, -0.05) is 11.6 Å². The molecule has 2 rings (SSSR count). The standard InChI is InChI=1S/C9H10ClN3O/c10-8-5-4-7(13-14)9(12-8)11-6-2-1-3-6/h4-6H,1-3H2,(H,11,12). The predicted molar refractivity (Wildman–Crippen MR) is 56.0 cm³/mol. The summed E-state index contributed by atoms with van der Waals surface area (Å²) < 4.78 is 0. The fourth-order valence-electron chi connectivity index (χ4n) is 1.35. The minimum absolute atomic E-state index is 0.321. The van der Waals surface area contributed by atoms with Crippen LogP contribution in [0.3, 0.4) is 0 Å². The van der Waals surface area contributed by atoms with E-state index in [1.165, 1.54) is 6.42 Å². The highest BCUT2D eigenvalue weighted by Crippen LogP contribution is 2.29. The summed E-state index contributed by atoms with van der Waals surface area (Å²) in [5.74, 6) is 0.497. The van der Waals surface area contributed by atoms with E-state index in [-0.39, 0.29) is 0 Å². The topological polar surface area (TPSA) is 54.4 Å². The van der Waals surface area contributed by atoms with E-state index < -0.39 is 0 Å². The first-order chi connectivity index (χ1) is 6.79. The van der Waals surface area contributed by atoms with E-state index >= 15 is 0 Å². The lowest BCUT2D eigenvalue weighted by Gasteiger charge is -2.27. The van der Waals surface area contributed by atoms with E-state index in [1.54, 1.807) is 12.1 Å². The van der Waals surface area contributed by atoms with E-state index in [4.69, 9.17) is 11.6 Å². The van der Waals surface area contributed by atoms with Crippen molar-refractivity contribution in [2.75, 3.05) is 5.32 Å². The molecule has 74 valence electrons. The van der Waals surface area contributed by atoms with Gasteiger partial charge in [0, 0.05) is 6.04 Å². The molecule has 1 N–H and O–H groups in total. The van der Waals surface area contributed by atoms with Crippen LogP contribution in [-0.2, 0) is 0 Å². The molecule has 14 heavy (non-hydrogen) atoms. The largest absolute Gasteiger partial charge is 0.365 e.